The third-order valence-electron chi connectivity index (χ3n) is 4.75. The minimum absolute atomic E-state index is 0.787. The Morgan fingerprint density at radius 3 is 2.42 bits per heavy atom. The van der Waals surface area contributed by atoms with Gasteiger partial charge in [-0.15, -0.1) is 0 Å². The highest BCUT2D eigenvalue weighted by molar-refractivity contribution is 5.41. The number of anilines is 1. The summed E-state index contributed by atoms with van der Waals surface area (Å²) in [5.41, 5.74) is 9.27. The fourth-order valence-electron chi connectivity index (χ4n) is 3.33. The first-order chi connectivity index (χ1) is 11.8. The number of piperidine rings is 1. The van der Waals surface area contributed by atoms with Gasteiger partial charge in [0.15, 0.2) is 0 Å². The molecular formula is C22H26N2. The number of nitrogens with two attached hydrogens (primary N) is 1. The van der Waals surface area contributed by atoms with E-state index >= 15 is 0 Å². The molecule has 0 unspecified atom stereocenters. The number of likely N-dealkylation sites (tertiary alicyclic amines) is 1. The molecule has 2 aromatic carbocycles. The Bertz CT molecular complexity index is 689. The Labute approximate surface area is 145 Å². The molecule has 1 saturated heterocycles. The minimum atomic E-state index is 0.787. The van der Waals surface area contributed by atoms with Crippen LogP contribution in [0.4, 0.5) is 5.69 Å². The van der Waals surface area contributed by atoms with E-state index in [0.717, 1.165) is 24.6 Å². The summed E-state index contributed by atoms with van der Waals surface area (Å²) >= 11 is 0. The van der Waals surface area contributed by atoms with Crippen LogP contribution in [0.3, 0.4) is 0 Å². The number of nitrogens with zero attached hydrogens (tertiary/aromatic N) is 1. The Balaban J connectivity index is 1.39. The second kappa shape index (κ2) is 8.57. The van der Waals surface area contributed by atoms with E-state index in [2.05, 4.69) is 53.1 Å². The molecule has 0 amide bonds. The van der Waals surface area contributed by atoms with Gasteiger partial charge in [0.2, 0.25) is 0 Å². The van der Waals surface area contributed by atoms with Gasteiger partial charge < -0.3 is 5.73 Å². The highest BCUT2D eigenvalue weighted by Crippen LogP contribution is 2.21. The van der Waals surface area contributed by atoms with Crippen LogP contribution in [-0.4, -0.2) is 24.5 Å². The SMILES string of the molecule is Nc1cccc(CC#CCN2CCC(Cc3ccccc3)CC2)c1. The molecule has 0 atom stereocenters. The van der Waals surface area contributed by atoms with Crippen LogP contribution in [0, 0.1) is 17.8 Å². The van der Waals surface area contributed by atoms with Gasteiger partial charge in [-0.1, -0.05) is 54.3 Å². The maximum Gasteiger partial charge on any atom is 0.0601 e. The molecule has 2 aromatic rings. The summed E-state index contributed by atoms with van der Waals surface area (Å²) in [4.78, 5) is 2.48. The van der Waals surface area contributed by atoms with Crippen LogP contribution in [0.25, 0.3) is 0 Å². The Morgan fingerprint density at radius 2 is 1.67 bits per heavy atom. The first kappa shape index (κ1) is 16.6. The molecule has 124 valence electrons. The largest absolute Gasteiger partial charge is 0.399 e. The number of nitrogen functional groups attached to an aromatic ring is 1. The van der Waals surface area contributed by atoms with Gasteiger partial charge in [0.05, 0.1) is 6.54 Å². The van der Waals surface area contributed by atoms with E-state index in [1.165, 1.54) is 43.5 Å². The summed E-state index contributed by atoms with van der Waals surface area (Å²) in [6, 6.07) is 18.8. The zero-order valence-corrected chi connectivity index (χ0v) is 14.2. The fraction of sp³-hybridized carbons (Fsp3) is 0.364. The van der Waals surface area contributed by atoms with E-state index in [1.807, 2.05) is 18.2 Å². The Hall–Kier alpha value is -2.24. The summed E-state index contributed by atoms with van der Waals surface area (Å²) in [5, 5.41) is 0. The Morgan fingerprint density at radius 1 is 0.917 bits per heavy atom. The van der Waals surface area contributed by atoms with Crippen LogP contribution >= 0.6 is 0 Å². The van der Waals surface area contributed by atoms with Crippen molar-refractivity contribution in [3.63, 3.8) is 0 Å². The average Bonchev–Trinajstić information content (AvgIpc) is 2.61. The molecule has 24 heavy (non-hydrogen) atoms. The van der Waals surface area contributed by atoms with E-state index in [1.54, 1.807) is 0 Å². The predicted octanol–water partition coefficient (Wildman–Crippen LogP) is 3.77. The second-order valence-electron chi connectivity index (χ2n) is 6.68. The van der Waals surface area contributed by atoms with E-state index in [4.69, 9.17) is 5.73 Å². The van der Waals surface area contributed by atoms with Gasteiger partial charge in [-0.2, -0.15) is 0 Å². The smallest absolute Gasteiger partial charge is 0.0601 e. The van der Waals surface area contributed by atoms with Crippen molar-refractivity contribution in [1.82, 2.24) is 4.90 Å². The highest BCUT2D eigenvalue weighted by Gasteiger charge is 2.18. The summed E-state index contributed by atoms with van der Waals surface area (Å²) in [7, 11) is 0. The molecule has 0 saturated carbocycles. The molecule has 0 bridgehead atoms. The van der Waals surface area contributed by atoms with Crippen LogP contribution in [0.1, 0.15) is 24.0 Å². The summed E-state index contributed by atoms with van der Waals surface area (Å²) < 4.78 is 0. The lowest BCUT2D eigenvalue weighted by atomic mass is 9.90. The van der Waals surface area contributed by atoms with Crippen molar-refractivity contribution in [2.24, 2.45) is 5.92 Å². The lowest BCUT2D eigenvalue weighted by Gasteiger charge is -2.30. The predicted molar refractivity (Wildman–Crippen MR) is 102 cm³/mol. The zero-order chi connectivity index (χ0) is 16.6. The second-order valence-corrected chi connectivity index (χ2v) is 6.68. The highest BCUT2D eigenvalue weighted by atomic mass is 15.1. The van der Waals surface area contributed by atoms with Crippen molar-refractivity contribution in [3.8, 4) is 11.8 Å². The van der Waals surface area contributed by atoms with Crippen LogP contribution in [0.5, 0.6) is 0 Å². The molecule has 1 aliphatic heterocycles. The molecule has 0 aromatic heterocycles. The van der Waals surface area contributed by atoms with Gasteiger partial charge in [0.1, 0.15) is 0 Å². The average molecular weight is 318 g/mol. The number of benzene rings is 2. The molecule has 2 heteroatoms. The molecular weight excluding hydrogens is 292 g/mol. The third kappa shape index (κ3) is 5.15. The van der Waals surface area contributed by atoms with Crippen LogP contribution in [0.15, 0.2) is 54.6 Å². The molecule has 0 radical (unpaired) electrons. The third-order valence-corrected chi connectivity index (χ3v) is 4.75. The number of hydrogen-bond donors (Lipinski definition) is 1. The number of rotatable bonds is 4. The van der Waals surface area contributed by atoms with Crippen molar-refractivity contribution in [2.75, 3.05) is 25.4 Å². The van der Waals surface area contributed by atoms with E-state index < -0.39 is 0 Å². The molecule has 0 aliphatic carbocycles. The van der Waals surface area contributed by atoms with Crippen molar-refractivity contribution < 1.29 is 0 Å². The number of hydrogen-bond acceptors (Lipinski definition) is 2. The van der Waals surface area contributed by atoms with Crippen molar-refractivity contribution in [2.45, 2.75) is 25.7 Å². The standard InChI is InChI=1S/C22H26N2/c23-22-11-6-10-20(18-22)9-4-5-14-24-15-12-21(13-16-24)17-19-7-2-1-3-8-19/h1-3,6-8,10-11,18,21H,9,12-17,23H2. The maximum absolute atomic E-state index is 5.79. The van der Waals surface area contributed by atoms with E-state index in [-0.39, 0.29) is 0 Å². The molecule has 1 fully saturated rings. The monoisotopic (exact) mass is 318 g/mol. The van der Waals surface area contributed by atoms with E-state index in [0.29, 0.717) is 0 Å². The molecule has 1 aliphatic rings. The first-order valence-corrected chi connectivity index (χ1v) is 8.86. The van der Waals surface area contributed by atoms with Gasteiger partial charge >= 0.3 is 0 Å². The summed E-state index contributed by atoms with van der Waals surface area (Å²) in [6.07, 6.45) is 4.57. The quantitative estimate of drug-likeness (QED) is 0.687. The van der Waals surface area contributed by atoms with Crippen molar-refractivity contribution in [1.29, 1.82) is 0 Å². The molecule has 0 spiro atoms. The van der Waals surface area contributed by atoms with Crippen LogP contribution in [0.2, 0.25) is 0 Å². The van der Waals surface area contributed by atoms with Gasteiger partial charge in [-0.05, 0) is 61.5 Å². The van der Waals surface area contributed by atoms with Crippen molar-refractivity contribution in [3.05, 3.63) is 65.7 Å². The molecule has 1 heterocycles. The zero-order valence-electron chi connectivity index (χ0n) is 14.2. The van der Waals surface area contributed by atoms with Gasteiger partial charge in [-0.3, -0.25) is 4.90 Å². The van der Waals surface area contributed by atoms with Gasteiger partial charge in [0, 0.05) is 12.1 Å². The van der Waals surface area contributed by atoms with Crippen LogP contribution < -0.4 is 5.73 Å². The van der Waals surface area contributed by atoms with Gasteiger partial charge in [-0.25, -0.2) is 0 Å². The topological polar surface area (TPSA) is 29.3 Å². The minimum Gasteiger partial charge on any atom is -0.399 e. The lowest BCUT2D eigenvalue weighted by molar-refractivity contribution is 0.203. The van der Waals surface area contributed by atoms with Crippen LogP contribution in [-0.2, 0) is 12.8 Å². The molecule has 3 rings (SSSR count). The van der Waals surface area contributed by atoms with Crippen molar-refractivity contribution >= 4 is 5.69 Å². The summed E-state index contributed by atoms with van der Waals surface area (Å²) in [6.45, 7) is 3.23. The summed E-state index contributed by atoms with van der Waals surface area (Å²) in [5.74, 6) is 7.43. The van der Waals surface area contributed by atoms with Gasteiger partial charge in [0.25, 0.3) is 0 Å². The molecule has 2 nitrogen and oxygen atoms in total. The normalized spacial score (nSPS) is 15.7. The first-order valence-electron chi connectivity index (χ1n) is 8.86. The Kier molecular flexibility index (Phi) is 5.93. The van der Waals surface area contributed by atoms with E-state index in [9.17, 15) is 0 Å². The lowest BCUT2D eigenvalue weighted by Crippen LogP contribution is -2.34. The fourth-order valence-corrected chi connectivity index (χ4v) is 3.33. The molecule has 2 N–H and O–H groups in total. The maximum atomic E-state index is 5.79.